The number of nitrogens with zero attached hydrogens (tertiary/aromatic N) is 1. The highest BCUT2D eigenvalue weighted by Gasteiger charge is 2.15. The van der Waals surface area contributed by atoms with Crippen LogP contribution in [0.4, 0.5) is 11.4 Å². The standard InChI is InChI=1S/C16H13N3O3S/c1-10-8-12(20)4-7-14(10)19-16(22)15(21)18-11-2-5-13(6-3-11)23-9-17/h2-8,20H,1H3,(H,18,21)(H,19,22). The zero-order valence-corrected chi connectivity index (χ0v) is 13.0. The first-order chi connectivity index (χ1) is 11.0. The van der Waals surface area contributed by atoms with Crippen molar-refractivity contribution in [2.24, 2.45) is 0 Å². The lowest BCUT2D eigenvalue weighted by atomic mass is 10.2. The van der Waals surface area contributed by atoms with E-state index < -0.39 is 11.8 Å². The average Bonchev–Trinajstić information content (AvgIpc) is 2.52. The van der Waals surface area contributed by atoms with Gasteiger partial charge < -0.3 is 15.7 Å². The molecule has 0 saturated heterocycles. The lowest BCUT2D eigenvalue weighted by Gasteiger charge is -2.09. The van der Waals surface area contributed by atoms with Crippen LogP contribution in [0.2, 0.25) is 0 Å². The fourth-order valence-electron chi connectivity index (χ4n) is 1.81. The Labute approximate surface area is 137 Å². The molecule has 23 heavy (non-hydrogen) atoms. The molecule has 2 amide bonds. The van der Waals surface area contributed by atoms with Gasteiger partial charge in [-0.3, -0.25) is 9.59 Å². The summed E-state index contributed by atoms with van der Waals surface area (Å²) in [5.41, 5.74) is 1.54. The molecule has 2 aromatic carbocycles. The van der Waals surface area contributed by atoms with Crippen LogP contribution in [0.25, 0.3) is 0 Å². The number of phenolic OH excluding ortho intramolecular Hbond substituents is 1. The minimum absolute atomic E-state index is 0.0836. The van der Waals surface area contributed by atoms with Crippen molar-refractivity contribution >= 4 is 35.0 Å². The third-order valence-corrected chi connectivity index (χ3v) is 3.54. The highest BCUT2D eigenvalue weighted by molar-refractivity contribution is 8.03. The van der Waals surface area contributed by atoms with Crippen LogP contribution in [0, 0.1) is 17.6 Å². The van der Waals surface area contributed by atoms with E-state index in [1.165, 1.54) is 18.2 Å². The Morgan fingerprint density at radius 3 is 2.35 bits per heavy atom. The van der Waals surface area contributed by atoms with Gasteiger partial charge in [0.15, 0.2) is 0 Å². The van der Waals surface area contributed by atoms with Crippen molar-refractivity contribution in [1.82, 2.24) is 0 Å². The molecule has 6 nitrogen and oxygen atoms in total. The molecule has 0 unspecified atom stereocenters. The number of carbonyl (C=O) groups is 2. The SMILES string of the molecule is Cc1cc(O)ccc1NC(=O)C(=O)Nc1ccc(SC#N)cc1. The summed E-state index contributed by atoms with van der Waals surface area (Å²) in [6.07, 6.45) is 0. The highest BCUT2D eigenvalue weighted by Crippen LogP contribution is 2.21. The Bertz CT molecular complexity index is 782. The van der Waals surface area contributed by atoms with E-state index in [1.807, 2.05) is 5.40 Å². The number of carbonyl (C=O) groups excluding carboxylic acids is 2. The Morgan fingerprint density at radius 2 is 1.74 bits per heavy atom. The van der Waals surface area contributed by atoms with Crippen molar-refractivity contribution < 1.29 is 14.7 Å². The van der Waals surface area contributed by atoms with Crippen molar-refractivity contribution in [2.75, 3.05) is 10.6 Å². The number of hydrogen-bond acceptors (Lipinski definition) is 5. The monoisotopic (exact) mass is 327 g/mol. The molecule has 0 heterocycles. The van der Waals surface area contributed by atoms with Crippen LogP contribution in [0.15, 0.2) is 47.4 Å². The number of thiocyanates is 1. The number of nitriles is 1. The van der Waals surface area contributed by atoms with E-state index >= 15 is 0 Å². The molecule has 0 aliphatic heterocycles. The summed E-state index contributed by atoms with van der Waals surface area (Å²) < 4.78 is 0. The summed E-state index contributed by atoms with van der Waals surface area (Å²) in [5, 5.41) is 24.8. The maximum atomic E-state index is 11.9. The van der Waals surface area contributed by atoms with Crippen molar-refractivity contribution in [3.05, 3.63) is 48.0 Å². The number of aromatic hydroxyl groups is 1. The summed E-state index contributed by atoms with van der Waals surface area (Å²) in [4.78, 5) is 24.5. The maximum absolute atomic E-state index is 11.9. The molecule has 3 N–H and O–H groups in total. The molecule has 0 atom stereocenters. The Balaban J connectivity index is 1.99. The summed E-state index contributed by atoms with van der Waals surface area (Å²) in [6.45, 7) is 1.71. The molecular formula is C16H13N3O3S. The van der Waals surface area contributed by atoms with E-state index in [1.54, 1.807) is 31.2 Å². The van der Waals surface area contributed by atoms with Crippen LogP contribution in [0.1, 0.15) is 5.56 Å². The lowest BCUT2D eigenvalue weighted by Crippen LogP contribution is -2.29. The van der Waals surface area contributed by atoms with E-state index in [9.17, 15) is 14.7 Å². The fourth-order valence-corrected chi connectivity index (χ4v) is 2.19. The van der Waals surface area contributed by atoms with Crippen LogP contribution in [-0.2, 0) is 9.59 Å². The van der Waals surface area contributed by atoms with Gasteiger partial charge in [0.25, 0.3) is 0 Å². The number of nitrogens with one attached hydrogen (secondary N) is 2. The van der Waals surface area contributed by atoms with Gasteiger partial charge in [-0.1, -0.05) is 0 Å². The molecule has 0 spiro atoms. The number of thioether (sulfide) groups is 1. The molecule has 0 saturated carbocycles. The first-order valence-electron chi connectivity index (χ1n) is 6.57. The molecule has 116 valence electrons. The molecule has 0 bridgehead atoms. The Morgan fingerprint density at radius 1 is 1.09 bits per heavy atom. The van der Waals surface area contributed by atoms with Crippen LogP contribution in [0.3, 0.4) is 0 Å². The molecule has 0 radical (unpaired) electrons. The van der Waals surface area contributed by atoms with Crippen molar-refractivity contribution in [3.8, 4) is 11.2 Å². The molecule has 7 heteroatoms. The smallest absolute Gasteiger partial charge is 0.314 e. The summed E-state index contributed by atoms with van der Waals surface area (Å²) in [5.74, 6) is -1.53. The van der Waals surface area contributed by atoms with Gasteiger partial charge in [-0.2, -0.15) is 5.26 Å². The van der Waals surface area contributed by atoms with Gasteiger partial charge in [-0.15, -0.1) is 0 Å². The van der Waals surface area contributed by atoms with Gasteiger partial charge in [-0.25, -0.2) is 0 Å². The molecule has 0 aromatic heterocycles. The quantitative estimate of drug-likeness (QED) is 0.348. The summed E-state index contributed by atoms with van der Waals surface area (Å²) in [6, 6.07) is 11.0. The molecular weight excluding hydrogens is 314 g/mol. The van der Waals surface area contributed by atoms with E-state index in [0.29, 0.717) is 16.9 Å². The van der Waals surface area contributed by atoms with E-state index in [2.05, 4.69) is 10.6 Å². The highest BCUT2D eigenvalue weighted by atomic mass is 32.2. The van der Waals surface area contributed by atoms with E-state index in [0.717, 1.165) is 16.7 Å². The van der Waals surface area contributed by atoms with Crippen LogP contribution >= 0.6 is 11.8 Å². The van der Waals surface area contributed by atoms with Crippen LogP contribution in [0.5, 0.6) is 5.75 Å². The largest absolute Gasteiger partial charge is 0.508 e. The second-order valence-electron chi connectivity index (χ2n) is 4.63. The van der Waals surface area contributed by atoms with Crippen LogP contribution < -0.4 is 10.6 Å². The first kappa shape index (κ1) is 16.4. The number of amides is 2. The zero-order chi connectivity index (χ0) is 16.8. The molecule has 0 fully saturated rings. The van der Waals surface area contributed by atoms with Crippen molar-refractivity contribution in [1.29, 1.82) is 5.26 Å². The van der Waals surface area contributed by atoms with E-state index in [4.69, 9.17) is 5.26 Å². The summed E-state index contributed by atoms with van der Waals surface area (Å²) >= 11 is 1.01. The van der Waals surface area contributed by atoms with Crippen molar-refractivity contribution in [2.45, 2.75) is 11.8 Å². The second kappa shape index (κ2) is 7.33. The molecule has 2 aromatic rings. The Kier molecular flexibility index (Phi) is 5.23. The van der Waals surface area contributed by atoms with Gasteiger partial charge in [0, 0.05) is 16.3 Å². The van der Waals surface area contributed by atoms with Gasteiger partial charge in [0.1, 0.15) is 11.2 Å². The number of anilines is 2. The van der Waals surface area contributed by atoms with E-state index in [-0.39, 0.29) is 5.75 Å². The van der Waals surface area contributed by atoms with Gasteiger partial charge in [0.2, 0.25) is 0 Å². The number of hydrogen-bond donors (Lipinski definition) is 3. The molecule has 2 rings (SSSR count). The molecule has 0 aliphatic rings. The third kappa shape index (κ3) is 4.49. The molecule has 0 aliphatic carbocycles. The van der Waals surface area contributed by atoms with Gasteiger partial charge >= 0.3 is 11.8 Å². The number of benzene rings is 2. The number of aryl methyl sites for hydroxylation is 1. The predicted octanol–water partition coefficient (Wildman–Crippen LogP) is 2.85. The number of rotatable bonds is 3. The first-order valence-corrected chi connectivity index (χ1v) is 7.39. The normalized spacial score (nSPS) is 9.74. The van der Waals surface area contributed by atoms with Gasteiger partial charge in [-0.05, 0) is 66.7 Å². The second-order valence-corrected chi connectivity index (χ2v) is 5.48. The number of phenols is 1. The minimum Gasteiger partial charge on any atom is -0.508 e. The topological polar surface area (TPSA) is 102 Å². The maximum Gasteiger partial charge on any atom is 0.314 e. The summed E-state index contributed by atoms with van der Waals surface area (Å²) in [7, 11) is 0. The third-order valence-electron chi connectivity index (χ3n) is 2.94. The predicted molar refractivity (Wildman–Crippen MR) is 88.0 cm³/mol. The zero-order valence-electron chi connectivity index (χ0n) is 12.2. The minimum atomic E-state index is -0.811. The fraction of sp³-hybridized carbons (Fsp3) is 0.0625. The average molecular weight is 327 g/mol. The lowest BCUT2D eigenvalue weighted by molar-refractivity contribution is -0.133. The van der Waals surface area contributed by atoms with Crippen molar-refractivity contribution in [3.63, 3.8) is 0 Å². The van der Waals surface area contributed by atoms with Crippen LogP contribution in [-0.4, -0.2) is 16.9 Å². The van der Waals surface area contributed by atoms with Gasteiger partial charge in [0.05, 0.1) is 0 Å². The Hall–Kier alpha value is -2.98.